The van der Waals surface area contributed by atoms with Crippen molar-refractivity contribution in [3.63, 3.8) is 0 Å². The molecule has 1 saturated heterocycles. The number of anilines is 1. The molecule has 0 aliphatic carbocycles. The van der Waals surface area contributed by atoms with Gasteiger partial charge in [0.1, 0.15) is 5.82 Å². The van der Waals surface area contributed by atoms with Gasteiger partial charge in [-0.05, 0) is 19.1 Å². The molecule has 1 atom stereocenters. The molecule has 1 unspecified atom stereocenters. The molecule has 2 heterocycles. The third kappa shape index (κ3) is 2.90. The minimum atomic E-state index is -0.161. The summed E-state index contributed by atoms with van der Waals surface area (Å²) in [6, 6.07) is 7.01. The van der Waals surface area contributed by atoms with Gasteiger partial charge in [-0.3, -0.25) is 4.90 Å². The van der Waals surface area contributed by atoms with Gasteiger partial charge in [0.05, 0.1) is 11.7 Å². The first kappa shape index (κ1) is 14.0. The molecule has 1 aliphatic heterocycles. The van der Waals surface area contributed by atoms with Crippen molar-refractivity contribution in [2.75, 3.05) is 31.1 Å². The van der Waals surface area contributed by atoms with Gasteiger partial charge >= 0.3 is 0 Å². The molecule has 2 aromatic rings. The summed E-state index contributed by atoms with van der Waals surface area (Å²) >= 11 is 0. The van der Waals surface area contributed by atoms with E-state index in [4.69, 9.17) is 4.42 Å². The van der Waals surface area contributed by atoms with Crippen molar-refractivity contribution in [1.82, 2.24) is 15.1 Å². The monoisotopic (exact) mass is 290 g/mol. The number of piperazine rings is 1. The summed E-state index contributed by atoms with van der Waals surface area (Å²) in [7, 11) is 0. The standard InChI is InChI=1S/C15H19FN4O/c1-11(15-18-17-12(2)21-15)19-7-9-20(10-8-19)14-6-4-3-5-13(14)16/h3-6,11H,7-10H2,1-2H3. The molecule has 0 amide bonds. The Labute approximate surface area is 123 Å². The SMILES string of the molecule is Cc1nnc(C(C)N2CCN(c3ccccc3F)CC2)o1. The Morgan fingerprint density at radius 3 is 2.48 bits per heavy atom. The number of para-hydroxylation sites is 1. The molecule has 0 N–H and O–H groups in total. The Hall–Kier alpha value is -1.95. The zero-order chi connectivity index (χ0) is 14.8. The van der Waals surface area contributed by atoms with Gasteiger partial charge in [0.25, 0.3) is 0 Å². The lowest BCUT2D eigenvalue weighted by Gasteiger charge is -2.38. The average Bonchev–Trinajstić information content (AvgIpc) is 2.94. The summed E-state index contributed by atoms with van der Waals surface area (Å²) in [5, 5.41) is 7.95. The lowest BCUT2D eigenvalue weighted by atomic mass is 10.2. The fraction of sp³-hybridized carbons (Fsp3) is 0.467. The van der Waals surface area contributed by atoms with Crippen LogP contribution in [-0.4, -0.2) is 41.3 Å². The van der Waals surface area contributed by atoms with Crippen LogP contribution in [0.5, 0.6) is 0 Å². The van der Waals surface area contributed by atoms with Crippen molar-refractivity contribution >= 4 is 5.69 Å². The first-order valence-corrected chi connectivity index (χ1v) is 7.18. The summed E-state index contributed by atoms with van der Waals surface area (Å²) < 4.78 is 19.3. The molecule has 21 heavy (non-hydrogen) atoms. The largest absolute Gasteiger partial charge is 0.424 e. The highest BCUT2D eigenvalue weighted by Crippen LogP contribution is 2.24. The second-order valence-electron chi connectivity index (χ2n) is 5.31. The molecule has 1 aromatic carbocycles. The maximum absolute atomic E-state index is 13.8. The van der Waals surface area contributed by atoms with Crippen LogP contribution in [0.25, 0.3) is 0 Å². The van der Waals surface area contributed by atoms with Crippen LogP contribution in [-0.2, 0) is 0 Å². The van der Waals surface area contributed by atoms with Crippen LogP contribution < -0.4 is 4.90 Å². The van der Waals surface area contributed by atoms with E-state index in [1.165, 1.54) is 6.07 Å². The first-order valence-electron chi connectivity index (χ1n) is 7.18. The van der Waals surface area contributed by atoms with Gasteiger partial charge in [-0.1, -0.05) is 12.1 Å². The smallest absolute Gasteiger partial charge is 0.233 e. The second-order valence-corrected chi connectivity index (χ2v) is 5.31. The third-order valence-electron chi connectivity index (χ3n) is 3.95. The summed E-state index contributed by atoms with van der Waals surface area (Å²) in [5.74, 6) is 1.07. The summed E-state index contributed by atoms with van der Waals surface area (Å²) in [4.78, 5) is 4.36. The van der Waals surface area contributed by atoms with Crippen LogP contribution in [0.2, 0.25) is 0 Å². The van der Waals surface area contributed by atoms with Crippen molar-refractivity contribution in [3.05, 3.63) is 41.9 Å². The van der Waals surface area contributed by atoms with Crippen LogP contribution in [0.3, 0.4) is 0 Å². The molecule has 1 aromatic heterocycles. The Bertz CT molecular complexity index is 607. The number of rotatable bonds is 3. The number of aromatic nitrogens is 2. The van der Waals surface area contributed by atoms with E-state index >= 15 is 0 Å². The van der Waals surface area contributed by atoms with Gasteiger partial charge < -0.3 is 9.32 Å². The van der Waals surface area contributed by atoms with Crippen LogP contribution in [0.4, 0.5) is 10.1 Å². The zero-order valence-electron chi connectivity index (χ0n) is 12.3. The molecule has 0 radical (unpaired) electrons. The maximum atomic E-state index is 13.8. The molecule has 3 rings (SSSR count). The minimum absolute atomic E-state index is 0.0916. The van der Waals surface area contributed by atoms with Crippen LogP contribution >= 0.6 is 0 Å². The van der Waals surface area contributed by atoms with Gasteiger partial charge in [-0.25, -0.2) is 4.39 Å². The van der Waals surface area contributed by atoms with E-state index in [0.29, 0.717) is 17.5 Å². The summed E-state index contributed by atoms with van der Waals surface area (Å²) in [6.07, 6.45) is 0. The minimum Gasteiger partial charge on any atom is -0.424 e. The van der Waals surface area contributed by atoms with Crippen LogP contribution in [0.15, 0.2) is 28.7 Å². The van der Waals surface area contributed by atoms with E-state index in [1.807, 2.05) is 12.1 Å². The van der Waals surface area contributed by atoms with Crippen molar-refractivity contribution in [1.29, 1.82) is 0 Å². The number of hydrogen-bond donors (Lipinski definition) is 0. The topological polar surface area (TPSA) is 45.4 Å². The molecular formula is C15H19FN4O. The Morgan fingerprint density at radius 1 is 1.14 bits per heavy atom. The molecule has 1 fully saturated rings. The van der Waals surface area contributed by atoms with Gasteiger partial charge in [0.15, 0.2) is 0 Å². The number of aryl methyl sites for hydroxylation is 1. The molecule has 0 bridgehead atoms. The normalized spacial score (nSPS) is 18.0. The van der Waals surface area contributed by atoms with Gasteiger partial charge in [0.2, 0.25) is 11.8 Å². The van der Waals surface area contributed by atoms with E-state index in [1.54, 1.807) is 13.0 Å². The Morgan fingerprint density at radius 2 is 1.86 bits per heavy atom. The van der Waals surface area contributed by atoms with Crippen molar-refractivity contribution in [3.8, 4) is 0 Å². The maximum Gasteiger partial charge on any atom is 0.233 e. The Kier molecular flexibility index (Phi) is 3.88. The highest BCUT2D eigenvalue weighted by atomic mass is 19.1. The van der Waals surface area contributed by atoms with Crippen molar-refractivity contribution in [2.24, 2.45) is 0 Å². The number of hydrogen-bond acceptors (Lipinski definition) is 5. The number of halogens is 1. The lowest BCUT2D eigenvalue weighted by Crippen LogP contribution is -2.47. The number of nitrogens with zero attached hydrogens (tertiary/aromatic N) is 4. The zero-order valence-corrected chi connectivity index (χ0v) is 12.3. The first-order chi connectivity index (χ1) is 10.1. The average molecular weight is 290 g/mol. The fourth-order valence-electron chi connectivity index (χ4n) is 2.70. The van der Waals surface area contributed by atoms with E-state index < -0.39 is 0 Å². The van der Waals surface area contributed by atoms with Crippen LogP contribution in [0, 0.1) is 12.7 Å². The summed E-state index contributed by atoms with van der Waals surface area (Å²) in [5.41, 5.74) is 0.679. The van der Waals surface area contributed by atoms with Crippen molar-refractivity contribution in [2.45, 2.75) is 19.9 Å². The van der Waals surface area contributed by atoms with E-state index in [0.717, 1.165) is 26.2 Å². The predicted molar refractivity (Wildman–Crippen MR) is 77.6 cm³/mol. The Balaban J connectivity index is 1.64. The van der Waals surface area contributed by atoms with Gasteiger partial charge in [-0.2, -0.15) is 0 Å². The predicted octanol–water partition coefficient (Wildman–Crippen LogP) is 2.40. The van der Waals surface area contributed by atoms with Crippen LogP contribution in [0.1, 0.15) is 24.7 Å². The highest BCUT2D eigenvalue weighted by molar-refractivity contribution is 5.48. The lowest BCUT2D eigenvalue weighted by molar-refractivity contribution is 0.171. The molecule has 112 valence electrons. The summed E-state index contributed by atoms with van der Waals surface area (Å²) in [6.45, 7) is 7.12. The fourth-order valence-corrected chi connectivity index (χ4v) is 2.70. The van der Waals surface area contributed by atoms with Gasteiger partial charge in [0, 0.05) is 33.1 Å². The quantitative estimate of drug-likeness (QED) is 0.868. The highest BCUT2D eigenvalue weighted by Gasteiger charge is 2.26. The second kappa shape index (κ2) is 5.81. The van der Waals surface area contributed by atoms with E-state index in [2.05, 4.69) is 26.9 Å². The number of benzene rings is 1. The molecular weight excluding hydrogens is 271 g/mol. The molecule has 0 saturated carbocycles. The molecule has 1 aliphatic rings. The van der Waals surface area contributed by atoms with E-state index in [-0.39, 0.29) is 11.9 Å². The third-order valence-corrected chi connectivity index (χ3v) is 3.95. The van der Waals surface area contributed by atoms with Gasteiger partial charge in [-0.15, -0.1) is 10.2 Å². The molecule has 5 nitrogen and oxygen atoms in total. The molecule has 6 heteroatoms. The molecule has 0 spiro atoms. The van der Waals surface area contributed by atoms with Crippen molar-refractivity contribution < 1.29 is 8.81 Å². The van der Waals surface area contributed by atoms with E-state index in [9.17, 15) is 4.39 Å².